The first-order chi connectivity index (χ1) is 18.7. The minimum Gasteiger partial charge on any atom is -0.324 e. The molecule has 4 heterocycles. The number of aromatic nitrogens is 5. The SMILES string of the molecule is C=CCn1c(=O)c2cnc(Nc3cc4c(c(C5CC5)c3)CCN(C)C4)nc2n1-c1cccc(N=S(C)(C)=O)n1. The summed E-state index contributed by atoms with van der Waals surface area (Å²) in [5.74, 6) is 1.78. The molecule has 1 aliphatic carbocycles. The molecule has 0 bridgehead atoms. The van der Waals surface area contributed by atoms with Gasteiger partial charge in [0.25, 0.3) is 5.56 Å². The van der Waals surface area contributed by atoms with Crippen LogP contribution in [0.3, 0.4) is 0 Å². The number of pyridine rings is 1. The lowest BCUT2D eigenvalue weighted by molar-refractivity contribution is 0.312. The summed E-state index contributed by atoms with van der Waals surface area (Å²) in [6, 6.07) is 9.65. The lowest BCUT2D eigenvalue weighted by Gasteiger charge is -2.28. The second-order valence-electron chi connectivity index (χ2n) is 10.6. The van der Waals surface area contributed by atoms with Crippen LogP contribution in [0.15, 0.2) is 58.3 Å². The van der Waals surface area contributed by atoms with Crippen molar-refractivity contribution < 1.29 is 4.21 Å². The number of benzene rings is 1. The van der Waals surface area contributed by atoms with E-state index in [1.165, 1.54) is 34.2 Å². The third-order valence-electron chi connectivity index (χ3n) is 7.06. The van der Waals surface area contributed by atoms with E-state index in [2.05, 4.69) is 50.3 Å². The van der Waals surface area contributed by atoms with Gasteiger partial charge in [-0.05, 0) is 73.2 Å². The van der Waals surface area contributed by atoms with Gasteiger partial charge < -0.3 is 10.2 Å². The van der Waals surface area contributed by atoms with E-state index in [1.54, 1.807) is 47.7 Å². The van der Waals surface area contributed by atoms with Crippen molar-refractivity contribution in [3.05, 3.63) is 76.2 Å². The first-order valence-electron chi connectivity index (χ1n) is 13.1. The van der Waals surface area contributed by atoms with Gasteiger partial charge in [0.15, 0.2) is 17.3 Å². The van der Waals surface area contributed by atoms with Gasteiger partial charge in [-0.25, -0.2) is 23.5 Å². The van der Waals surface area contributed by atoms with E-state index in [0.717, 1.165) is 25.2 Å². The zero-order chi connectivity index (χ0) is 27.3. The summed E-state index contributed by atoms with van der Waals surface area (Å²) in [6.07, 6.45) is 9.85. The molecule has 1 aliphatic heterocycles. The topological polar surface area (TPSA) is 110 Å². The lowest BCUT2D eigenvalue weighted by atomic mass is 9.91. The molecule has 6 rings (SSSR count). The Kier molecular flexibility index (Phi) is 6.35. The highest BCUT2D eigenvalue weighted by atomic mass is 32.2. The smallest absolute Gasteiger partial charge is 0.278 e. The average molecular weight is 545 g/mol. The Labute approximate surface area is 227 Å². The molecule has 202 valence electrons. The maximum atomic E-state index is 13.3. The van der Waals surface area contributed by atoms with E-state index in [1.807, 2.05) is 0 Å². The summed E-state index contributed by atoms with van der Waals surface area (Å²) in [5, 5.41) is 3.77. The highest BCUT2D eigenvalue weighted by molar-refractivity contribution is 7.92. The number of hydrogen-bond donors (Lipinski definition) is 1. The van der Waals surface area contributed by atoms with Gasteiger partial charge in [0.2, 0.25) is 5.95 Å². The van der Waals surface area contributed by atoms with Crippen LogP contribution in [-0.2, 0) is 29.2 Å². The zero-order valence-corrected chi connectivity index (χ0v) is 23.2. The zero-order valence-electron chi connectivity index (χ0n) is 22.4. The molecule has 1 fully saturated rings. The number of nitrogens with zero attached hydrogens (tertiary/aromatic N) is 7. The average Bonchev–Trinajstić information content (AvgIpc) is 3.68. The van der Waals surface area contributed by atoms with E-state index < -0.39 is 9.73 Å². The maximum Gasteiger partial charge on any atom is 0.278 e. The fourth-order valence-corrected chi connectivity index (χ4v) is 5.80. The van der Waals surface area contributed by atoms with Crippen molar-refractivity contribution in [1.29, 1.82) is 0 Å². The quantitative estimate of drug-likeness (QED) is 0.348. The second-order valence-corrected chi connectivity index (χ2v) is 13.2. The molecule has 39 heavy (non-hydrogen) atoms. The number of rotatable bonds is 7. The Balaban J connectivity index is 1.46. The van der Waals surface area contributed by atoms with Crippen molar-refractivity contribution in [1.82, 2.24) is 29.2 Å². The number of anilines is 2. The summed E-state index contributed by atoms with van der Waals surface area (Å²) in [4.78, 5) is 29.5. The van der Waals surface area contributed by atoms with Crippen molar-refractivity contribution >= 4 is 38.2 Å². The maximum absolute atomic E-state index is 13.3. The monoisotopic (exact) mass is 544 g/mol. The Morgan fingerprint density at radius 1 is 1.23 bits per heavy atom. The molecule has 1 aromatic carbocycles. The van der Waals surface area contributed by atoms with Crippen LogP contribution in [0, 0.1) is 0 Å². The number of hydrogen-bond acceptors (Lipinski definition) is 8. The molecule has 1 N–H and O–H groups in total. The molecule has 0 spiro atoms. The van der Waals surface area contributed by atoms with Crippen LogP contribution in [0.25, 0.3) is 16.9 Å². The van der Waals surface area contributed by atoms with Crippen LogP contribution in [0.1, 0.15) is 35.4 Å². The Hall–Kier alpha value is -3.83. The predicted octanol–water partition coefficient (Wildman–Crippen LogP) is 4.13. The Morgan fingerprint density at radius 2 is 2.05 bits per heavy atom. The summed E-state index contributed by atoms with van der Waals surface area (Å²) in [5.41, 5.74) is 5.39. The molecule has 0 radical (unpaired) electrons. The number of likely N-dealkylation sites (N-methyl/N-ethyl adjacent to an activating group) is 1. The van der Waals surface area contributed by atoms with Crippen LogP contribution < -0.4 is 10.9 Å². The van der Waals surface area contributed by atoms with E-state index in [0.29, 0.717) is 34.5 Å². The van der Waals surface area contributed by atoms with Gasteiger partial charge >= 0.3 is 0 Å². The van der Waals surface area contributed by atoms with Crippen molar-refractivity contribution in [2.24, 2.45) is 4.36 Å². The van der Waals surface area contributed by atoms with Crippen molar-refractivity contribution in [3.8, 4) is 5.82 Å². The fraction of sp³-hybridized carbons (Fsp3) is 0.357. The summed E-state index contributed by atoms with van der Waals surface area (Å²) in [7, 11) is -0.258. The predicted molar refractivity (Wildman–Crippen MR) is 155 cm³/mol. The lowest BCUT2D eigenvalue weighted by Crippen LogP contribution is -2.27. The number of allylic oxidation sites excluding steroid dienone is 1. The fourth-order valence-electron chi connectivity index (χ4n) is 5.25. The molecule has 1 saturated carbocycles. The molecule has 4 aromatic rings. The summed E-state index contributed by atoms with van der Waals surface area (Å²) in [6.45, 7) is 6.06. The molecule has 0 atom stereocenters. The van der Waals surface area contributed by atoms with E-state index >= 15 is 0 Å². The molecule has 11 heteroatoms. The van der Waals surface area contributed by atoms with Crippen molar-refractivity contribution in [2.75, 3.05) is 31.4 Å². The standard InChI is InChI=1S/C28H32N8O2S/c1-5-12-35-27(37)23-16-29-28(32-26(23)36(35)25-8-6-7-24(31-25)33-39(3,4)38)30-20-14-19-17-34(2)13-11-21(19)22(15-20)18-9-10-18/h5-8,14-16,18H,1,9-13,17H2,2-4H3,(H,29,30,32). The first kappa shape index (κ1) is 25.4. The van der Waals surface area contributed by atoms with Crippen LogP contribution in [-0.4, -0.2) is 59.5 Å². The minimum atomic E-state index is -2.41. The first-order valence-corrected chi connectivity index (χ1v) is 15.4. The van der Waals surface area contributed by atoms with Crippen LogP contribution in [0.2, 0.25) is 0 Å². The highest BCUT2D eigenvalue weighted by Gasteiger charge is 2.29. The van der Waals surface area contributed by atoms with Gasteiger partial charge in [0, 0.05) is 47.2 Å². The number of nitrogens with one attached hydrogen (secondary N) is 1. The molecule has 10 nitrogen and oxygen atoms in total. The van der Waals surface area contributed by atoms with E-state index in [-0.39, 0.29) is 12.1 Å². The summed E-state index contributed by atoms with van der Waals surface area (Å²) >= 11 is 0. The molecule has 3 aromatic heterocycles. The van der Waals surface area contributed by atoms with E-state index in [9.17, 15) is 9.00 Å². The summed E-state index contributed by atoms with van der Waals surface area (Å²) < 4.78 is 19.7. The molecular weight excluding hydrogens is 512 g/mol. The molecule has 0 amide bonds. The van der Waals surface area contributed by atoms with Crippen LogP contribution in [0.4, 0.5) is 17.5 Å². The molecular formula is C28H32N8O2S. The van der Waals surface area contributed by atoms with Gasteiger partial charge in [-0.2, -0.15) is 9.35 Å². The molecule has 0 saturated heterocycles. The van der Waals surface area contributed by atoms with Gasteiger partial charge in [0.05, 0.1) is 6.54 Å². The third kappa shape index (κ3) is 5.11. The van der Waals surface area contributed by atoms with Gasteiger partial charge in [-0.15, -0.1) is 6.58 Å². The van der Waals surface area contributed by atoms with Crippen molar-refractivity contribution in [2.45, 2.75) is 38.3 Å². The van der Waals surface area contributed by atoms with E-state index in [4.69, 9.17) is 4.98 Å². The molecule has 0 unspecified atom stereocenters. The van der Waals surface area contributed by atoms with Crippen LogP contribution in [0.5, 0.6) is 0 Å². The molecule has 2 aliphatic rings. The largest absolute Gasteiger partial charge is 0.324 e. The van der Waals surface area contributed by atoms with Crippen molar-refractivity contribution in [3.63, 3.8) is 0 Å². The third-order valence-corrected chi connectivity index (χ3v) is 7.69. The second kappa shape index (κ2) is 9.73. The minimum absolute atomic E-state index is 0.247. The van der Waals surface area contributed by atoms with Gasteiger partial charge in [-0.1, -0.05) is 12.1 Å². The number of fused-ring (bicyclic) bond motifs is 2. The normalized spacial score (nSPS) is 15.8. The Bertz CT molecular complexity index is 1790. The van der Waals surface area contributed by atoms with Gasteiger partial charge in [0.1, 0.15) is 5.39 Å². The van der Waals surface area contributed by atoms with Gasteiger partial charge in [-0.3, -0.25) is 4.79 Å². The van der Waals surface area contributed by atoms with Crippen LogP contribution >= 0.6 is 0 Å². The Morgan fingerprint density at radius 3 is 2.79 bits per heavy atom. The highest BCUT2D eigenvalue weighted by Crippen LogP contribution is 2.44.